The zero-order chi connectivity index (χ0) is 14.9. The molecular formula is C18H25NO2. The van der Waals surface area contributed by atoms with Crippen LogP contribution in [0.1, 0.15) is 54.9 Å². The van der Waals surface area contributed by atoms with Crippen LogP contribution in [0.25, 0.3) is 0 Å². The van der Waals surface area contributed by atoms with Crippen molar-refractivity contribution < 1.29 is 9.53 Å². The second kappa shape index (κ2) is 5.90. The van der Waals surface area contributed by atoms with Crippen LogP contribution in [0.2, 0.25) is 0 Å². The van der Waals surface area contributed by atoms with E-state index in [-0.39, 0.29) is 5.78 Å². The molecule has 0 amide bonds. The SMILES string of the molecule is CC(C)(C(=O)c1ccc(C2CCC2)cc1)N1CCOCC1. The van der Waals surface area contributed by atoms with Crippen molar-refractivity contribution in [1.29, 1.82) is 0 Å². The molecule has 114 valence electrons. The molecular weight excluding hydrogens is 262 g/mol. The largest absolute Gasteiger partial charge is 0.379 e. The summed E-state index contributed by atoms with van der Waals surface area (Å²) in [7, 11) is 0. The second-order valence-corrected chi connectivity index (χ2v) is 6.74. The number of hydrogen-bond acceptors (Lipinski definition) is 3. The molecule has 1 aliphatic carbocycles. The lowest BCUT2D eigenvalue weighted by Crippen LogP contribution is -2.54. The molecule has 0 radical (unpaired) electrons. The number of carbonyl (C=O) groups excluding carboxylic acids is 1. The Bertz CT molecular complexity index is 496. The Hall–Kier alpha value is -1.19. The smallest absolute Gasteiger partial charge is 0.182 e. The van der Waals surface area contributed by atoms with Crippen molar-refractivity contribution in [3.8, 4) is 0 Å². The summed E-state index contributed by atoms with van der Waals surface area (Å²) in [5, 5.41) is 0. The first-order valence-electron chi connectivity index (χ1n) is 8.06. The minimum Gasteiger partial charge on any atom is -0.379 e. The molecule has 0 aromatic heterocycles. The Balaban J connectivity index is 1.73. The Kier molecular flexibility index (Phi) is 4.14. The van der Waals surface area contributed by atoms with E-state index in [4.69, 9.17) is 4.74 Å². The average Bonchev–Trinajstić information content (AvgIpc) is 2.46. The lowest BCUT2D eigenvalue weighted by Gasteiger charge is -2.39. The van der Waals surface area contributed by atoms with E-state index in [0.717, 1.165) is 37.8 Å². The van der Waals surface area contributed by atoms with Gasteiger partial charge < -0.3 is 4.74 Å². The normalized spacial score (nSPS) is 21.0. The Morgan fingerprint density at radius 2 is 1.76 bits per heavy atom. The third-order valence-corrected chi connectivity index (χ3v) is 5.11. The summed E-state index contributed by atoms with van der Waals surface area (Å²) in [6, 6.07) is 8.31. The minimum atomic E-state index is -0.457. The van der Waals surface area contributed by atoms with Crippen LogP contribution in [0.15, 0.2) is 24.3 Å². The number of hydrogen-bond donors (Lipinski definition) is 0. The van der Waals surface area contributed by atoms with Gasteiger partial charge in [-0.25, -0.2) is 0 Å². The van der Waals surface area contributed by atoms with Gasteiger partial charge in [-0.3, -0.25) is 9.69 Å². The maximum absolute atomic E-state index is 12.8. The summed E-state index contributed by atoms with van der Waals surface area (Å²) in [6.07, 6.45) is 3.94. The molecule has 1 saturated heterocycles. The first kappa shape index (κ1) is 14.7. The fourth-order valence-corrected chi connectivity index (χ4v) is 3.27. The van der Waals surface area contributed by atoms with Gasteiger partial charge in [-0.1, -0.05) is 30.7 Å². The van der Waals surface area contributed by atoms with Crippen LogP contribution in [-0.4, -0.2) is 42.5 Å². The molecule has 0 spiro atoms. The van der Waals surface area contributed by atoms with Crippen LogP contribution < -0.4 is 0 Å². The molecule has 1 saturated carbocycles. The summed E-state index contributed by atoms with van der Waals surface area (Å²) >= 11 is 0. The maximum atomic E-state index is 12.8. The van der Waals surface area contributed by atoms with E-state index < -0.39 is 5.54 Å². The fraction of sp³-hybridized carbons (Fsp3) is 0.611. The van der Waals surface area contributed by atoms with E-state index in [0.29, 0.717) is 0 Å². The van der Waals surface area contributed by atoms with Crippen molar-refractivity contribution in [2.75, 3.05) is 26.3 Å². The monoisotopic (exact) mass is 287 g/mol. The Labute approximate surface area is 127 Å². The van der Waals surface area contributed by atoms with E-state index in [1.807, 2.05) is 26.0 Å². The van der Waals surface area contributed by atoms with Gasteiger partial charge in [-0.15, -0.1) is 0 Å². The van der Waals surface area contributed by atoms with Crippen LogP contribution in [-0.2, 0) is 4.74 Å². The Morgan fingerprint density at radius 3 is 2.29 bits per heavy atom. The summed E-state index contributed by atoms with van der Waals surface area (Å²) in [5.41, 5.74) is 1.76. The predicted molar refractivity (Wildman–Crippen MR) is 83.8 cm³/mol. The van der Waals surface area contributed by atoms with Gasteiger partial charge in [0.25, 0.3) is 0 Å². The molecule has 3 heteroatoms. The van der Waals surface area contributed by atoms with Crippen molar-refractivity contribution in [2.45, 2.75) is 44.6 Å². The van der Waals surface area contributed by atoms with Crippen molar-refractivity contribution in [1.82, 2.24) is 4.90 Å². The third-order valence-electron chi connectivity index (χ3n) is 5.11. The topological polar surface area (TPSA) is 29.5 Å². The molecule has 0 bridgehead atoms. The lowest BCUT2D eigenvalue weighted by molar-refractivity contribution is -0.00429. The van der Waals surface area contributed by atoms with E-state index >= 15 is 0 Å². The average molecular weight is 287 g/mol. The van der Waals surface area contributed by atoms with Gasteiger partial charge in [0, 0.05) is 18.7 Å². The first-order valence-corrected chi connectivity index (χ1v) is 8.06. The maximum Gasteiger partial charge on any atom is 0.182 e. The summed E-state index contributed by atoms with van der Waals surface area (Å²) in [4.78, 5) is 15.1. The minimum absolute atomic E-state index is 0.213. The molecule has 21 heavy (non-hydrogen) atoms. The van der Waals surface area contributed by atoms with Crippen molar-refractivity contribution in [2.24, 2.45) is 0 Å². The number of nitrogens with zero attached hydrogens (tertiary/aromatic N) is 1. The van der Waals surface area contributed by atoms with Crippen LogP contribution in [0, 0.1) is 0 Å². The number of carbonyl (C=O) groups is 1. The molecule has 0 atom stereocenters. The molecule has 3 rings (SSSR count). The van der Waals surface area contributed by atoms with Gasteiger partial charge in [-0.05, 0) is 38.2 Å². The third kappa shape index (κ3) is 2.90. The number of ether oxygens (including phenoxy) is 1. The predicted octanol–water partition coefficient (Wildman–Crippen LogP) is 3.25. The Morgan fingerprint density at radius 1 is 1.14 bits per heavy atom. The van der Waals surface area contributed by atoms with Crippen LogP contribution in [0.3, 0.4) is 0 Å². The molecule has 1 aliphatic heterocycles. The van der Waals surface area contributed by atoms with Crippen molar-refractivity contribution >= 4 is 5.78 Å². The quantitative estimate of drug-likeness (QED) is 0.796. The van der Waals surface area contributed by atoms with E-state index in [2.05, 4.69) is 17.0 Å². The van der Waals surface area contributed by atoms with Gasteiger partial charge in [0.05, 0.1) is 18.8 Å². The van der Waals surface area contributed by atoms with Crippen LogP contribution >= 0.6 is 0 Å². The highest BCUT2D eigenvalue weighted by molar-refractivity contribution is 6.02. The van der Waals surface area contributed by atoms with E-state index in [9.17, 15) is 4.79 Å². The van der Waals surface area contributed by atoms with Crippen molar-refractivity contribution in [3.05, 3.63) is 35.4 Å². The van der Waals surface area contributed by atoms with E-state index in [1.54, 1.807) is 0 Å². The summed E-state index contributed by atoms with van der Waals surface area (Å²) < 4.78 is 5.39. The van der Waals surface area contributed by atoms with E-state index in [1.165, 1.54) is 24.8 Å². The fourth-order valence-electron chi connectivity index (χ4n) is 3.27. The van der Waals surface area contributed by atoms with Crippen LogP contribution in [0.4, 0.5) is 0 Å². The van der Waals surface area contributed by atoms with Crippen molar-refractivity contribution in [3.63, 3.8) is 0 Å². The lowest BCUT2D eigenvalue weighted by atomic mass is 9.79. The highest BCUT2D eigenvalue weighted by Gasteiger charge is 2.35. The molecule has 0 unspecified atom stereocenters. The zero-order valence-corrected chi connectivity index (χ0v) is 13.1. The second-order valence-electron chi connectivity index (χ2n) is 6.74. The van der Waals surface area contributed by atoms with Gasteiger partial charge in [0.2, 0.25) is 0 Å². The highest BCUT2D eigenvalue weighted by Crippen LogP contribution is 2.36. The zero-order valence-electron chi connectivity index (χ0n) is 13.1. The molecule has 1 heterocycles. The molecule has 0 N–H and O–H groups in total. The molecule has 1 aromatic rings. The molecule has 3 nitrogen and oxygen atoms in total. The number of benzene rings is 1. The summed E-state index contributed by atoms with van der Waals surface area (Å²) in [6.45, 7) is 7.16. The number of Topliss-reactive ketones (excluding diaryl/α,β-unsaturated/α-hetero) is 1. The standard InChI is InChI=1S/C18H25NO2/c1-18(2,19-10-12-21-13-11-19)17(20)16-8-6-15(7-9-16)14-4-3-5-14/h6-9,14H,3-5,10-13H2,1-2H3. The number of rotatable bonds is 4. The highest BCUT2D eigenvalue weighted by atomic mass is 16.5. The first-order chi connectivity index (χ1) is 10.1. The molecule has 2 aliphatic rings. The van der Waals surface area contributed by atoms with Gasteiger partial charge >= 0.3 is 0 Å². The van der Waals surface area contributed by atoms with Gasteiger partial charge in [0.1, 0.15) is 0 Å². The summed E-state index contributed by atoms with van der Waals surface area (Å²) in [5.74, 6) is 0.936. The number of morpholine rings is 1. The molecule has 2 fully saturated rings. The van der Waals surface area contributed by atoms with Gasteiger partial charge in [-0.2, -0.15) is 0 Å². The van der Waals surface area contributed by atoms with Crippen LogP contribution in [0.5, 0.6) is 0 Å². The molecule has 1 aromatic carbocycles. The van der Waals surface area contributed by atoms with Gasteiger partial charge in [0.15, 0.2) is 5.78 Å². The number of ketones is 1.